The minimum absolute atomic E-state index is 0.826. The van der Waals surface area contributed by atoms with Gasteiger partial charge in [0.2, 0.25) is 0 Å². The molecule has 0 unspecified atom stereocenters. The molecule has 5 heteroatoms. The van der Waals surface area contributed by atoms with Crippen molar-refractivity contribution < 1.29 is 20.8 Å². The molecule has 6 aromatic rings. The van der Waals surface area contributed by atoms with Crippen molar-refractivity contribution in [2.24, 2.45) is 0 Å². The normalized spacial score (nSPS) is 11.4. The van der Waals surface area contributed by atoms with E-state index in [0.717, 1.165) is 0 Å². The molecule has 0 saturated carbocycles. The first-order valence-corrected chi connectivity index (χ1v) is 34.5. The first kappa shape index (κ1) is 49.4. The van der Waals surface area contributed by atoms with Crippen LogP contribution in [0.5, 0.6) is 0 Å². The van der Waals surface area contributed by atoms with Crippen molar-refractivity contribution in [3.05, 3.63) is 124 Å². The summed E-state index contributed by atoms with van der Waals surface area (Å²) in [6.45, 7) is 37.8. The number of unbranched alkanes of at least 4 members (excludes halogenated alkanes) is 2. The Morgan fingerprint density at radius 1 is 0.509 bits per heavy atom. The van der Waals surface area contributed by atoms with Crippen molar-refractivity contribution in [1.82, 2.24) is 0 Å². The summed E-state index contributed by atoms with van der Waals surface area (Å²) in [4.78, 5) is 0. The molecule has 0 fully saturated rings. The topological polar surface area (TPSA) is 0 Å². The van der Waals surface area contributed by atoms with E-state index in [4.69, 9.17) is 17.0 Å². The van der Waals surface area contributed by atoms with Crippen molar-refractivity contribution in [3.8, 4) is 22.3 Å². The Morgan fingerprint density at radius 3 is 1.07 bits per heavy atom. The summed E-state index contributed by atoms with van der Waals surface area (Å²) < 4.78 is 0. The molecular weight excluding hydrogens is 843 g/mol. The predicted octanol–water partition coefficient (Wildman–Crippen LogP) is 16.3. The molecule has 6 aromatic carbocycles. The van der Waals surface area contributed by atoms with Crippen LogP contribution in [0.3, 0.4) is 0 Å². The molecule has 0 nitrogen and oxygen atoms in total. The van der Waals surface area contributed by atoms with Crippen LogP contribution < -0.4 is 10.4 Å². The van der Waals surface area contributed by atoms with Crippen LogP contribution in [0, 0.1) is 48.5 Å². The van der Waals surface area contributed by atoms with E-state index in [1.807, 2.05) is 0 Å². The summed E-state index contributed by atoms with van der Waals surface area (Å²) in [7, 11) is 7.36. The quantitative estimate of drug-likeness (QED) is 0.0949. The van der Waals surface area contributed by atoms with Gasteiger partial charge >= 0.3 is 37.9 Å². The number of benzene rings is 4. The number of fused-ring (bicyclic) bond motifs is 2. The fourth-order valence-corrected chi connectivity index (χ4v) is 10.3. The average molecular weight is 914 g/mol. The standard InChI is InChI=1S/2C25H33Si.C2H5.2ClH.Zr/c2*1-8-9-10-20-15-23-18(3)17(2)19(4)25(24(23)16-20)21-11-13-22(14-12-21)26(5,6)7;1-2;;;/h2*11-16H,8-10H2,1-7H3;1H2,2H3;2*1H;/q3*-1;;;+2/p-2. The molecule has 0 aliphatic rings. The molecule has 0 radical (unpaired) electrons. The maximum absolute atomic E-state index is 4.93. The first-order chi connectivity index (χ1) is 26.9. The summed E-state index contributed by atoms with van der Waals surface area (Å²) in [6, 6.07) is 28.6. The fraction of sp³-hybridized carbons (Fsp3) is 0.404. The molecule has 0 amide bonds. The second kappa shape index (κ2) is 22.0. The van der Waals surface area contributed by atoms with E-state index < -0.39 is 37.0 Å². The third-order valence-corrected chi connectivity index (χ3v) is 16.1. The van der Waals surface area contributed by atoms with Crippen molar-refractivity contribution in [3.63, 3.8) is 0 Å². The van der Waals surface area contributed by atoms with Gasteiger partial charge in [0.05, 0.1) is 16.1 Å². The van der Waals surface area contributed by atoms with Crippen LogP contribution >= 0.6 is 17.0 Å². The zero-order valence-corrected chi connectivity index (χ0v) is 44.1. The van der Waals surface area contributed by atoms with E-state index in [1.165, 1.54) is 137 Å². The van der Waals surface area contributed by atoms with Crippen LogP contribution in [0.25, 0.3) is 43.8 Å². The Balaban J connectivity index is 0.000000275. The van der Waals surface area contributed by atoms with Gasteiger partial charge in [-0.1, -0.05) is 185 Å². The van der Waals surface area contributed by atoms with Crippen LogP contribution in [-0.2, 0) is 33.7 Å². The Hall–Kier alpha value is -2.00. The van der Waals surface area contributed by atoms with Crippen LogP contribution in [0.1, 0.15) is 91.0 Å². The van der Waals surface area contributed by atoms with E-state index in [9.17, 15) is 0 Å². The van der Waals surface area contributed by atoms with Gasteiger partial charge in [0, 0.05) is 0 Å². The molecule has 0 N–H and O–H groups in total. The molecule has 0 saturated heterocycles. The van der Waals surface area contributed by atoms with Crippen LogP contribution in [-0.4, -0.2) is 16.1 Å². The predicted molar refractivity (Wildman–Crippen MR) is 264 cm³/mol. The van der Waals surface area contributed by atoms with Crippen LogP contribution in [0.4, 0.5) is 0 Å². The van der Waals surface area contributed by atoms with Gasteiger partial charge in [0.1, 0.15) is 0 Å². The molecule has 0 spiro atoms. The Labute approximate surface area is 369 Å². The summed E-state index contributed by atoms with van der Waals surface area (Å²) in [6.07, 6.45) is 7.43. The molecular formula is C52H71Cl2Si2Zr-3. The van der Waals surface area contributed by atoms with Gasteiger partial charge in [-0.05, 0) is 51.7 Å². The fourth-order valence-electron chi connectivity index (χ4n) is 7.98. The van der Waals surface area contributed by atoms with E-state index >= 15 is 0 Å². The Morgan fingerprint density at radius 2 is 0.807 bits per heavy atom. The summed E-state index contributed by atoms with van der Waals surface area (Å²) in [5.74, 6) is 0. The van der Waals surface area contributed by atoms with Gasteiger partial charge < -0.3 is 6.92 Å². The molecule has 0 heterocycles. The van der Waals surface area contributed by atoms with E-state index in [-0.39, 0.29) is 0 Å². The number of hydrogen-bond acceptors (Lipinski definition) is 0. The van der Waals surface area contributed by atoms with Gasteiger partial charge in [-0.15, -0.1) is 55.9 Å². The molecule has 308 valence electrons. The molecule has 6 rings (SSSR count). The third-order valence-electron chi connectivity index (χ3n) is 12.0. The molecule has 57 heavy (non-hydrogen) atoms. The molecule has 0 aromatic heterocycles. The van der Waals surface area contributed by atoms with Gasteiger partial charge in [-0.25, -0.2) is 0 Å². The minimum atomic E-state index is -1.26. The van der Waals surface area contributed by atoms with Crippen LogP contribution in [0.2, 0.25) is 39.3 Å². The van der Waals surface area contributed by atoms with Crippen molar-refractivity contribution in [2.75, 3.05) is 0 Å². The molecule has 0 aliphatic heterocycles. The van der Waals surface area contributed by atoms with E-state index in [1.54, 1.807) is 6.92 Å². The van der Waals surface area contributed by atoms with Crippen LogP contribution in [0.15, 0.2) is 72.8 Å². The molecule has 0 atom stereocenters. The average Bonchev–Trinajstić information content (AvgIpc) is 3.80. The zero-order valence-electron chi connectivity index (χ0n) is 38.1. The first-order valence-electron chi connectivity index (χ1n) is 21.2. The maximum atomic E-state index is 4.93. The van der Waals surface area contributed by atoms with E-state index in [2.05, 4.69) is 174 Å². The van der Waals surface area contributed by atoms with Gasteiger partial charge in [0.25, 0.3) is 0 Å². The summed E-state index contributed by atoms with van der Waals surface area (Å²) in [5.41, 5.74) is 17.2. The van der Waals surface area contributed by atoms with E-state index in [0.29, 0.717) is 0 Å². The molecule has 0 bridgehead atoms. The van der Waals surface area contributed by atoms with Crippen molar-refractivity contribution in [2.45, 2.75) is 140 Å². The second-order valence-electron chi connectivity index (χ2n) is 17.8. The zero-order chi connectivity index (χ0) is 42.8. The number of hydrogen-bond donors (Lipinski definition) is 0. The SMILES string of the molecule is CCCCc1cc2c(-c3ccc([Si](C)(C)C)cc3)c(C)c(C)c(C)c2[cH-]1.CCCCc1cc2c(-c3ccc([Si](C)(C)C)cc3)c(C)c(C)c(C)c2[cH-]1.[CH2-]C.[Cl][Zr][Cl]. The number of rotatable bonds is 10. The number of halogens is 2. The van der Waals surface area contributed by atoms with Crippen molar-refractivity contribution >= 4 is 65.1 Å². The summed E-state index contributed by atoms with van der Waals surface area (Å²) >= 11 is -0.826. The third kappa shape index (κ3) is 12.1. The van der Waals surface area contributed by atoms with Gasteiger partial charge in [-0.2, -0.15) is 19.1 Å². The monoisotopic (exact) mass is 911 g/mol. The second-order valence-corrected chi connectivity index (χ2v) is 31.7. The Bertz CT molecular complexity index is 2030. The van der Waals surface area contributed by atoms with Crippen molar-refractivity contribution in [1.29, 1.82) is 0 Å². The Kier molecular flexibility index (Phi) is 19.1. The summed E-state index contributed by atoms with van der Waals surface area (Å²) in [5, 5.41) is 8.84. The van der Waals surface area contributed by atoms with Gasteiger partial charge in [0.15, 0.2) is 0 Å². The van der Waals surface area contributed by atoms with Gasteiger partial charge in [-0.3, -0.25) is 0 Å². The number of aryl methyl sites for hydroxylation is 4. The molecule has 0 aliphatic carbocycles.